The summed E-state index contributed by atoms with van der Waals surface area (Å²) in [6.07, 6.45) is 1.29. The van der Waals surface area contributed by atoms with E-state index >= 15 is 0 Å². The SMILES string of the molecule is Cc1ccc(-c2csc(NC(=O)c3nn(C)cc3C(=O)O)n2)c(C)c1. The molecule has 0 aliphatic rings. The number of thiazole rings is 1. The molecule has 0 spiro atoms. The lowest BCUT2D eigenvalue weighted by Gasteiger charge is -2.03. The average Bonchev–Trinajstić information content (AvgIpc) is 3.14. The van der Waals surface area contributed by atoms with Gasteiger partial charge in [0.05, 0.1) is 5.69 Å². The zero-order chi connectivity index (χ0) is 18.1. The normalized spacial score (nSPS) is 10.7. The highest BCUT2D eigenvalue weighted by Crippen LogP contribution is 2.28. The molecule has 0 aliphatic heterocycles. The van der Waals surface area contributed by atoms with Crippen molar-refractivity contribution in [2.24, 2.45) is 7.05 Å². The Labute approximate surface area is 148 Å². The Hall–Kier alpha value is -3.00. The smallest absolute Gasteiger partial charge is 0.339 e. The fourth-order valence-corrected chi connectivity index (χ4v) is 3.23. The van der Waals surface area contributed by atoms with Gasteiger partial charge in [0.2, 0.25) is 0 Å². The van der Waals surface area contributed by atoms with Crippen LogP contribution in [-0.4, -0.2) is 31.7 Å². The molecule has 2 heterocycles. The summed E-state index contributed by atoms with van der Waals surface area (Å²) in [7, 11) is 1.56. The van der Waals surface area contributed by atoms with Crippen molar-refractivity contribution in [3.63, 3.8) is 0 Å². The quantitative estimate of drug-likeness (QED) is 0.748. The van der Waals surface area contributed by atoms with E-state index in [-0.39, 0.29) is 11.3 Å². The minimum atomic E-state index is -1.20. The topological polar surface area (TPSA) is 97.1 Å². The summed E-state index contributed by atoms with van der Waals surface area (Å²) in [5.41, 5.74) is 3.73. The number of hydrogen-bond acceptors (Lipinski definition) is 5. The summed E-state index contributed by atoms with van der Waals surface area (Å²) in [5.74, 6) is -1.80. The Kier molecular flexibility index (Phi) is 4.37. The molecule has 2 N–H and O–H groups in total. The number of rotatable bonds is 4. The van der Waals surface area contributed by atoms with Gasteiger partial charge in [0.25, 0.3) is 5.91 Å². The molecule has 0 bridgehead atoms. The highest BCUT2D eigenvalue weighted by atomic mass is 32.1. The third kappa shape index (κ3) is 3.43. The molecule has 25 heavy (non-hydrogen) atoms. The van der Waals surface area contributed by atoms with Crippen LogP contribution in [-0.2, 0) is 7.05 Å². The minimum absolute atomic E-state index is 0.140. The first-order valence-corrected chi connectivity index (χ1v) is 8.34. The largest absolute Gasteiger partial charge is 0.478 e. The Morgan fingerprint density at radius 2 is 2.04 bits per heavy atom. The third-order valence-electron chi connectivity index (χ3n) is 3.66. The van der Waals surface area contributed by atoms with Crippen molar-refractivity contribution in [1.29, 1.82) is 0 Å². The number of carboxylic acid groups (broad SMARTS) is 1. The first kappa shape index (κ1) is 16.8. The van der Waals surface area contributed by atoms with E-state index in [4.69, 9.17) is 5.11 Å². The van der Waals surface area contributed by atoms with Gasteiger partial charge in [-0.2, -0.15) is 5.10 Å². The molecule has 0 fully saturated rings. The maximum Gasteiger partial charge on any atom is 0.339 e. The number of aryl methyl sites for hydroxylation is 3. The predicted molar refractivity (Wildman–Crippen MR) is 95.1 cm³/mol. The van der Waals surface area contributed by atoms with Gasteiger partial charge >= 0.3 is 5.97 Å². The number of carboxylic acids is 1. The average molecular weight is 356 g/mol. The maximum absolute atomic E-state index is 12.3. The maximum atomic E-state index is 12.3. The monoisotopic (exact) mass is 356 g/mol. The van der Waals surface area contributed by atoms with Crippen LogP contribution < -0.4 is 5.32 Å². The van der Waals surface area contributed by atoms with Gasteiger partial charge in [0.1, 0.15) is 5.56 Å². The highest BCUT2D eigenvalue weighted by molar-refractivity contribution is 7.14. The summed E-state index contributed by atoms with van der Waals surface area (Å²) >= 11 is 1.28. The van der Waals surface area contributed by atoms with Crippen molar-refractivity contribution in [3.8, 4) is 11.3 Å². The molecule has 0 saturated heterocycles. The number of nitrogens with zero attached hydrogens (tertiary/aromatic N) is 3. The summed E-state index contributed by atoms with van der Waals surface area (Å²) in [6, 6.07) is 6.07. The fourth-order valence-electron chi connectivity index (χ4n) is 2.52. The zero-order valence-electron chi connectivity index (χ0n) is 13.9. The van der Waals surface area contributed by atoms with Crippen molar-refractivity contribution in [2.75, 3.05) is 5.32 Å². The molecule has 0 radical (unpaired) electrons. The lowest BCUT2D eigenvalue weighted by Crippen LogP contribution is -2.16. The van der Waals surface area contributed by atoms with Crippen LogP contribution in [0.15, 0.2) is 29.8 Å². The summed E-state index contributed by atoms with van der Waals surface area (Å²) < 4.78 is 1.29. The van der Waals surface area contributed by atoms with Gasteiger partial charge in [-0.05, 0) is 19.4 Å². The molecular weight excluding hydrogens is 340 g/mol. The van der Waals surface area contributed by atoms with Crippen molar-refractivity contribution in [2.45, 2.75) is 13.8 Å². The number of amides is 1. The van der Waals surface area contributed by atoms with Crippen LogP contribution in [0.3, 0.4) is 0 Å². The van der Waals surface area contributed by atoms with Crippen LogP contribution in [0.2, 0.25) is 0 Å². The van der Waals surface area contributed by atoms with Crippen LogP contribution in [0, 0.1) is 13.8 Å². The molecule has 3 aromatic rings. The second kappa shape index (κ2) is 6.48. The van der Waals surface area contributed by atoms with E-state index in [0.717, 1.165) is 16.8 Å². The number of aromatic nitrogens is 3. The van der Waals surface area contributed by atoms with Gasteiger partial charge in [-0.1, -0.05) is 23.8 Å². The lowest BCUT2D eigenvalue weighted by atomic mass is 10.0. The van der Waals surface area contributed by atoms with Crippen molar-refractivity contribution < 1.29 is 14.7 Å². The minimum Gasteiger partial charge on any atom is -0.478 e. The predicted octanol–water partition coefficient (Wildman–Crippen LogP) is 3.11. The van der Waals surface area contributed by atoms with Crippen molar-refractivity contribution in [3.05, 3.63) is 52.2 Å². The highest BCUT2D eigenvalue weighted by Gasteiger charge is 2.22. The van der Waals surface area contributed by atoms with Gasteiger partial charge in [-0.15, -0.1) is 11.3 Å². The summed E-state index contributed by atoms with van der Waals surface area (Å²) in [4.78, 5) is 27.9. The molecule has 0 aliphatic carbocycles. The van der Waals surface area contributed by atoms with Crippen LogP contribution in [0.25, 0.3) is 11.3 Å². The fraction of sp³-hybridized carbons (Fsp3) is 0.176. The molecule has 7 nitrogen and oxygen atoms in total. The van der Waals surface area contributed by atoms with E-state index < -0.39 is 11.9 Å². The molecule has 2 aromatic heterocycles. The number of benzene rings is 1. The van der Waals surface area contributed by atoms with E-state index in [1.165, 1.54) is 27.8 Å². The van der Waals surface area contributed by atoms with Gasteiger partial charge in [0.15, 0.2) is 10.8 Å². The summed E-state index contributed by atoms with van der Waals surface area (Å²) in [5, 5.41) is 17.9. The molecule has 3 rings (SSSR count). The zero-order valence-corrected chi connectivity index (χ0v) is 14.7. The van der Waals surface area contributed by atoms with E-state index in [0.29, 0.717) is 5.13 Å². The van der Waals surface area contributed by atoms with Crippen LogP contribution in [0.5, 0.6) is 0 Å². The van der Waals surface area contributed by atoms with E-state index in [1.807, 2.05) is 31.4 Å². The number of anilines is 1. The molecule has 0 unspecified atom stereocenters. The number of nitrogens with one attached hydrogen (secondary N) is 1. The Bertz CT molecular complexity index is 974. The molecule has 0 atom stereocenters. The first-order valence-electron chi connectivity index (χ1n) is 7.46. The first-order chi connectivity index (χ1) is 11.8. The Morgan fingerprint density at radius 3 is 2.72 bits per heavy atom. The second-order valence-corrected chi connectivity index (χ2v) is 6.54. The number of carbonyl (C=O) groups excluding carboxylic acids is 1. The molecule has 1 aromatic carbocycles. The van der Waals surface area contributed by atoms with Crippen LogP contribution in [0.4, 0.5) is 5.13 Å². The van der Waals surface area contributed by atoms with Crippen LogP contribution in [0.1, 0.15) is 32.0 Å². The molecule has 8 heteroatoms. The number of aromatic carboxylic acids is 1. The summed E-state index contributed by atoms with van der Waals surface area (Å²) in [6.45, 7) is 4.03. The third-order valence-corrected chi connectivity index (χ3v) is 4.41. The van der Waals surface area contributed by atoms with Crippen molar-refractivity contribution in [1.82, 2.24) is 14.8 Å². The van der Waals surface area contributed by atoms with Crippen molar-refractivity contribution >= 4 is 28.3 Å². The number of hydrogen-bond donors (Lipinski definition) is 2. The molecule has 0 saturated carbocycles. The van der Waals surface area contributed by atoms with Crippen LogP contribution >= 0.6 is 11.3 Å². The lowest BCUT2D eigenvalue weighted by molar-refractivity contribution is 0.0692. The second-order valence-electron chi connectivity index (χ2n) is 5.68. The molecule has 128 valence electrons. The van der Waals surface area contributed by atoms with E-state index in [1.54, 1.807) is 7.05 Å². The van der Waals surface area contributed by atoms with E-state index in [9.17, 15) is 9.59 Å². The standard InChI is InChI=1S/C17H16N4O3S/c1-9-4-5-11(10(2)6-9)13-8-25-17(18-13)19-15(22)14-12(16(23)24)7-21(3)20-14/h4-8H,1-3H3,(H,23,24)(H,18,19,22). The van der Waals surface area contributed by atoms with E-state index in [2.05, 4.69) is 21.5 Å². The van der Waals surface area contributed by atoms with Gasteiger partial charge in [-0.25, -0.2) is 9.78 Å². The molecular formula is C17H16N4O3S. The number of carbonyl (C=O) groups is 2. The molecule has 1 amide bonds. The Balaban J connectivity index is 1.84. The Morgan fingerprint density at radius 1 is 1.28 bits per heavy atom. The van der Waals surface area contributed by atoms with Gasteiger partial charge < -0.3 is 5.11 Å². The van der Waals surface area contributed by atoms with Gasteiger partial charge in [0, 0.05) is 24.2 Å². The van der Waals surface area contributed by atoms with Gasteiger partial charge in [-0.3, -0.25) is 14.8 Å².